The molecule has 2 atom stereocenters. The van der Waals surface area contributed by atoms with E-state index in [9.17, 15) is 0 Å². The van der Waals surface area contributed by atoms with Gasteiger partial charge in [0.15, 0.2) is 0 Å². The topological polar surface area (TPSA) is 12.5 Å². The normalized spacial score (nSPS) is 25.1. The van der Waals surface area contributed by atoms with E-state index in [1.807, 2.05) is 12.1 Å². The van der Waals surface area contributed by atoms with Gasteiger partial charge in [-0.1, -0.05) is 38.8 Å². The summed E-state index contributed by atoms with van der Waals surface area (Å²) in [6, 6.07) is 6.21. The van der Waals surface area contributed by atoms with Crippen LogP contribution in [0, 0.1) is 5.92 Å². The van der Waals surface area contributed by atoms with Crippen LogP contribution in [0.4, 0.5) is 0 Å². The fourth-order valence-corrected chi connectivity index (χ4v) is 3.24. The lowest BCUT2D eigenvalue weighted by Gasteiger charge is -2.34. The minimum absolute atomic E-state index is 0.665. The zero-order chi connectivity index (χ0) is 13.1. The van der Waals surface area contributed by atoms with Gasteiger partial charge in [0.05, 0.1) is 7.11 Å². The Bertz CT molecular complexity index is 411. The minimum Gasteiger partial charge on any atom is -0.496 e. The van der Waals surface area contributed by atoms with Gasteiger partial charge >= 0.3 is 0 Å². The van der Waals surface area contributed by atoms with E-state index in [0.29, 0.717) is 10.7 Å². The first-order valence-electron chi connectivity index (χ1n) is 6.29. The summed E-state index contributed by atoms with van der Waals surface area (Å²) in [5, 5.41) is 0. The van der Waals surface area contributed by atoms with Crippen molar-refractivity contribution in [2.24, 2.45) is 5.92 Å². The molecule has 18 heavy (non-hydrogen) atoms. The van der Waals surface area contributed by atoms with E-state index in [0.717, 1.165) is 29.9 Å². The molecule has 4 heteroatoms. The third-order valence-corrected chi connectivity index (χ3v) is 5.37. The van der Waals surface area contributed by atoms with E-state index in [4.69, 9.17) is 4.74 Å². The number of rotatable bonds is 3. The predicted octanol–water partition coefficient (Wildman–Crippen LogP) is 4.06. The average molecular weight is 377 g/mol. The molecule has 1 aromatic rings. The Balaban J connectivity index is 2.07. The first-order valence-corrected chi connectivity index (χ1v) is 8.00. The van der Waals surface area contributed by atoms with Crippen molar-refractivity contribution in [1.29, 1.82) is 0 Å². The van der Waals surface area contributed by atoms with Crippen LogP contribution < -0.4 is 4.74 Å². The van der Waals surface area contributed by atoms with Crippen molar-refractivity contribution < 1.29 is 4.74 Å². The molecular formula is C14H19Br2NO. The molecule has 1 fully saturated rings. The van der Waals surface area contributed by atoms with Crippen LogP contribution in [-0.4, -0.2) is 29.9 Å². The molecule has 1 aliphatic heterocycles. The van der Waals surface area contributed by atoms with E-state index in [2.05, 4.69) is 49.7 Å². The van der Waals surface area contributed by atoms with Crippen molar-refractivity contribution in [2.45, 2.75) is 24.7 Å². The number of alkyl halides is 1. The Morgan fingerprint density at radius 1 is 1.44 bits per heavy atom. The van der Waals surface area contributed by atoms with Gasteiger partial charge in [-0.3, -0.25) is 4.90 Å². The summed E-state index contributed by atoms with van der Waals surface area (Å²) < 4.78 is 6.55. The fourth-order valence-electron chi connectivity index (χ4n) is 2.46. The van der Waals surface area contributed by atoms with Crippen LogP contribution in [0.25, 0.3) is 0 Å². The molecule has 0 spiro atoms. The van der Waals surface area contributed by atoms with Crippen molar-refractivity contribution in [3.63, 3.8) is 0 Å². The molecule has 0 aliphatic carbocycles. The standard InChI is InChI=1S/C14H19Br2NO/c1-10-8-17(6-5-13(10)16)9-11-7-12(15)3-4-14(11)18-2/h3-4,7,10,13H,5-6,8-9H2,1-2H3. The van der Waals surface area contributed by atoms with E-state index >= 15 is 0 Å². The molecule has 0 saturated carbocycles. The Hall–Kier alpha value is -0.0600. The Kier molecular flexibility index (Phi) is 5.10. The van der Waals surface area contributed by atoms with Gasteiger partial charge in [0.2, 0.25) is 0 Å². The first-order chi connectivity index (χ1) is 8.60. The minimum atomic E-state index is 0.665. The molecule has 0 bridgehead atoms. The third-order valence-electron chi connectivity index (χ3n) is 3.52. The van der Waals surface area contributed by atoms with Crippen LogP contribution in [0.5, 0.6) is 5.75 Å². The number of hydrogen-bond donors (Lipinski definition) is 0. The number of likely N-dealkylation sites (tertiary alicyclic amines) is 1. The molecule has 1 aromatic carbocycles. The lowest BCUT2D eigenvalue weighted by molar-refractivity contribution is 0.182. The summed E-state index contributed by atoms with van der Waals surface area (Å²) in [5.74, 6) is 1.68. The van der Waals surface area contributed by atoms with Crippen molar-refractivity contribution in [3.8, 4) is 5.75 Å². The summed E-state index contributed by atoms with van der Waals surface area (Å²) in [4.78, 5) is 3.17. The van der Waals surface area contributed by atoms with Crippen LogP contribution >= 0.6 is 31.9 Å². The van der Waals surface area contributed by atoms with Gasteiger partial charge in [-0.2, -0.15) is 0 Å². The van der Waals surface area contributed by atoms with Crippen molar-refractivity contribution in [2.75, 3.05) is 20.2 Å². The average Bonchev–Trinajstić information content (AvgIpc) is 2.34. The molecule has 1 heterocycles. The second-order valence-corrected chi connectivity index (χ2v) is 7.07. The van der Waals surface area contributed by atoms with Crippen LogP contribution in [0.1, 0.15) is 18.9 Å². The zero-order valence-corrected chi connectivity index (χ0v) is 14.0. The van der Waals surface area contributed by atoms with Gasteiger partial charge in [0.25, 0.3) is 0 Å². The lowest BCUT2D eigenvalue weighted by Crippen LogP contribution is -2.39. The van der Waals surface area contributed by atoms with Crippen LogP contribution in [0.15, 0.2) is 22.7 Å². The van der Waals surface area contributed by atoms with Gasteiger partial charge in [-0.25, -0.2) is 0 Å². The predicted molar refractivity (Wildman–Crippen MR) is 82.5 cm³/mol. The number of piperidine rings is 1. The summed E-state index contributed by atoms with van der Waals surface area (Å²) in [5.41, 5.74) is 1.26. The molecule has 0 N–H and O–H groups in total. The molecule has 1 saturated heterocycles. The first kappa shape index (κ1) is 14.4. The van der Waals surface area contributed by atoms with E-state index in [1.165, 1.54) is 12.0 Å². The van der Waals surface area contributed by atoms with Crippen LogP contribution in [-0.2, 0) is 6.54 Å². The number of hydrogen-bond acceptors (Lipinski definition) is 2. The second kappa shape index (κ2) is 6.40. The monoisotopic (exact) mass is 375 g/mol. The number of methoxy groups -OCH3 is 1. The molecule has 0 radical (unpaired) electrons. The van der Waals surface area contributed by atoms with Gasteiger partial charge in [-0.15, -0.1) is 0 Å². The maximum Gasteiger partial charge on any atom is 0.123 e. The third kappa shape index (κ3) is 3.49. The molecule has 100 valence electrons. The Labute approximate surface area is 126 Å². The van der Waals surface area contributed by atoms with E-state index in [-0.39, 0.29) is 0 Å². The molecule has 1 aliphatic rings. The highest BCUT2D eigenvalue weighted by Crippen LogP contribution is 2.28. The molecule has 0 aromatic heterocycles. The van der Waals surface area contributed by atoms with Gasteiger partial charge in [0, 0.05) is 28.0 Å². The SMILES string of the molecule is COc1ccc(Br)cc1CN1CCC(Br)C(C)C1. The lowest BCUT2D eigenvalue weighted by atomic mass is 9.99. The highest BCUT2D eigenvalue weighted by Gasteiger charge is 2.24. The fraction of sp³-hybridized carbons (Fsp3) is 0.571. The molecule has 2 rings (SSSR count). The molecular weight excluding hydrogens is 358 g/mol. The maximum absolute atomic E-state index is 5.43. The summed E-state index contributed by atoms with van der Waals surface area (Å²) in [6.45, 7) is 5.57. The quantitative estimate of drug-likeness (QED) is 0.737. The maximum atomic E-state index is 5.43. The molecule has 2 nitrogen and oxygen atoms in total. The second-order valence-electron chi connectivity index (χ2n) is 4.97. The number of ether oxygens (including phenoxy) is 1. The van der Waals surface area contributed by atoms with Gasteiger partial charge in [-0.05, 0) is 37.1 Å². The summed E-state index contributed by atoms with van der Waals surface area (Å²) in [7, 11) is 1.74. The zero-order valence-electron chi connectivity index (χ0n) is 10.8. The van der Waals surface area contributed by atoms with Gasteiger partial charge < -0.3 is 4.74 Å². The highest BCUT2D eigenvalue weighted by atomic mass is 79.9. The number of halogens is 2. The summed E-state index contributed by atoms with van der Waals surface area (Å²) >= 11 is 7.28. The van der Waals surface area contributed by atoms with E-state index < -0.39 is 0 Å². The highest BCUT2D eigenvalue weighted by molar-refractivity contribution is 9.10. The van der Waals surface area contributed by atoms with Crippen molar-refractivity contribution in [3.05, 3.63) is 28.2 Å². The van der Waals surface area contributed by atoms with Crippen LogP contribution in [0.3, 0.4) is 0 Å². The van der Waals surface area contributed by atoms with Gasteiger partial charge in [0.1, 0.15) is 5.75 Å². The van der Waals surface area contributed by atoms with Crippen molar-refractivity contribution >= 4 is 31.9 Å². The Morgan fingerprint density at radius 3 is 2.89 bits per heavy atom. The smallest absolute Gasteiger partial charge is 0.123 e. The molecule has 0 amide bonds. The van der Waals surface area contributed by atoms with Crippen molar-refractivity contribution in [1.82, 2.24) is 4.90 Å². The largest absolute Gasteiger partial charge is 0.496 e. The Morgan fingerprint density at radius 2 is 2.22 bits per heavy atom. The number of nitrogens with zero attached hydrogens (tertiary/aromatic N) is 1. The summed E-state index contributed by atoms with van der Waals surface area (Å²) in [6.07, 6.45) is 1.22. The van der Waals surface area contributed by atoms with Crippen LogP contribution in [0.2, 0.25) is 0 Å². The molecule has 2 unspecified atom stereocenters. The number of benzene rings is 1. The van der Waals surface area contributed by atoms with E-state index in [1.54, 1.807) is 7.11 Å².